The lowest BCUT2D eigenvalue weighted by Crippen LogP contribution is -2.37. The van der Waals surface area contributed by atoms with Crippen LogP contribution in [0.5, 0.6) is 0 Å². The van der Waals surface area contributed by atoms with Crippen molar-refractivity contribution < 1.29 is 12.8 Å². The molecule has 1 saturated carbocycles. The minimum Gasteiger partial charge on any atom is -0.389 e. The molecule has 110 valence electrons. The SMILES string of the molecule is CC(C1CC1)N(C)S(=O)(=O)c1cccc(F)c1C(N)=S. The van der Waals surface area contributed by atoms with Gasteiger partial charge in [0.2, 0.25) is 10.0 Å². The normalized spacial score (nSPS) is 17.2. The van der Waals surface area contributed by atoms with Crippen molar-refractivity contribution in [3.8, 4) is 0 Å². The molecule has 1 unspecified atom stereocenters. The van der Waals surface area contributed by atoms with E-state index in [0.29, 0.717) is 5.92 Å². The first kappa shape index (κ1) is 15.3. The molecule has 0 aliphatic heterocycles. The first-order chi connectivity index (χ1) is 9.26. The average Bonchev–Trinajstić information content (AvgIpc) is 3.20. The second-order valence-electron chi connectivity index (χ2n) is 5.08. The van der Waals surface area contributed by atoms with Crippen molar-refractivity contribution in [2.75, 3.05) is 7.05 Å². The summed E-state index contributed by atoms with van der Waals surface area (Å²) in [6, 6.07) is 3.71. The van der Waals surface area contributed by atoms with Crippen molar-refractivity contribution in [1.29, 1.82) is 0 Å². The van der Waals surface area contributed by atoms with Crippen LogP contribution in [0.3, 0.4) is 0 Å². The highest BCUT2D eigenvalue weighted by atomic mass is 32.2. The Kier molecular flexibility index (Phi) is 4.13. The van der Waals surface area contributed by atoms with Gasteiger partial charge in [-0.1, -0.05) is 18.3 Å². The summed E-state index contributed by atoms with van der Waals surface area (Å²) in [7, 11) is -2.31. The highest BCUT2D eigenvalue weighted by Gasteiger charge is 2.37. The van der Waals surface area contributed by atoms with Crippen LogP contribution in [0, 0.1) is 11.7 Å². The van der Waals surface area contributed by atoms with Gasteiger partial charge in [0.05, 0.1) is 10.5 Å². The molecule has 2 N–H and O–H groups in total. The van der Waals surface area contributed by atoms with Crippen LogP contribution in [0.4, 0.5) is 4.39 Å². The van der Waals surface area contributed by atoms with E-state index in [1.165, 1.54) is 23.5 Å². The van der Waals surface area contributed by atoms with Gasteiger partial charge in [0.25, 0.3) is 0 Å². The molecule has 0 aromatic heterocycles. The zero-order valence-electron chi connectivity index (χ0n) is 11.3. The summed E-state index contributed by atoms with van der Waals surface area (Å²) in [4.78, 5) is -0.422. The quantitative estimate of drug-likeness (QED) is 0.843. The molecule has 0 radical (unpaired) electrons. The zero-order chi connectivity index (χ0) is 15.1. The summed E-state index contributed by atoms with van der Waals surface area (Å²) in [5.41, 5.74) is 5.26. The number of benzene rings is 1. The van der Waals surface area contributed by atoms with Gasteiger partial charge in [-0.15, -0.1) is 0 Å². The van der Waals surface area contributed by atoms with E-state index in [-0.39, 0.29) is 21.5 Å². The Morgan fingerprint density at radius 3 is 2.60 bits per heavy atom. The van der Waals surface area contributed by atoms with Crippen LogP contribution < -0.4 is 5.73 Å². The molecule has 1 atom stereocenters. The molecule has 0 bridgehead atoms. The lowest BCUT2D eigenvalue weighted by Gasteiger charge is -2.25. The van der Waals surface area contributed by atoms with Crippen molar-refractivity contribution >= 4 is 27.2 Å². The molecule has 1 aromatic carbocycles. The Bertz CT molecular complexity index is 642. The number of sulfonamides is 1. The van der Waals surface area contributed by atoms with Gasteiger partial charge in [-0.3, -0.25) is 0 Å². The van der Waals surface area contributed by atoms with E-state index >= 15 is 0 Å². The second-order valence-corrected chi connectivity index (χ2v) is 7.48. The molecule has 20 heavy (non-hydrogen) atoms. The molecule has 7 heteroatoms. The molecular weight excluding hydrogens is 299 g/mol. The summed E-state index contributed by atoms with van der Waals surface area (Å²) in [5.74, 6) is -0.345. The van der Waals surface area contributed by atoms with Crippen LogP contribution in [0.15, 0.2) is 23.1 Å². The standard InChI is InChI=1S/C13H17FN2O2S2/c1-8(9-6-7-9)16(2)20(17,18)11-5-3-4-10(14)12(11)13(15)19/h3-5,8-9H,6-7H2,1-2H3,(H2,15,19). The summed E-state index contributed by atoms with van der Waals surface area (Å²) >= 11 is 4.78. The number of thiocarbonyl (C=S) groups is 1. The monoisotopic (exact) mass is 316 g/mol. The molecule has 1 aliphatic carbocycles. The summed E-state index contributed by atoms with van der Waals surface area (Å²) in [5, 5.41) is 0. The number of nitrogens with two attached hydrogens (primary N) is 1. The third-order valence-electron chi connectivity index (χ3n) is 3.76. The van der Waals surface area contributed by atoms with Gasteiger partial charge >= 0.3 is 0 Å². The Labute approximate surface area is 123 Å². The van der Waals surface area contributed by atoms with E-state index in [1.54, 1.807) is 0 Å². The maximum atomic E-state index is 13.8. The number of halogens is 1. The first-order valence-electron chi connectivity index (χ1n) is 6.33. The number of rotatable bonds is 5. The number of nitrogens with zero attached hydrogens (tertiary/aromatic N) is 1. The van der Waals surface area contributed by atoms with Gasteiger partial charge in [0.15, 0.2) is 0 Å². The van der Waals surface area contributed by atoms with Crippen molar-refractivity contribution in [1.82, 2.24) is 4.31 Å². The predicted molar refractivity (Wildman–Crippen MR) is 79.4 cm³/mol. The molecule has 0 amide bonds. The van der Waals surface area contributed by atoms with Crippen molar-refractivity contribution in [2.45, 2.75) is 30.7 Å². The molecule has 1 aliphatic rings. The van der Waals surface area contributed by atoms with Crippen molar-refractivity contribution in [3.63, 3.8) is 0 Å². The zero-order valence-corrected chi connectivity index (χ0v) is 13.0. The van der Waals surface area contributed by atoms with Gasteiger partial charge in [0, 0.05) is 13.1 Å². The van der Waals surface area contributed by atoms with Gasteiger partial charge in [-0.05, 0) is 37.8 Å². The fourth-order valence-corrected chi connectivity index (χ4v) is 4.12. The predicted octanol–water partition coefficient (Wildman–Crippen LogP) is 1.88. The summed E-state index contributed by atoms with van der Waals surface area (Å²) in [6.07, 6.45) is 2.04. The van der Waals surface area contributed by atoms with E-state index in [1.807, 2.05) is 6.92 Å². The lowest BCUT2D eigenvalue weighted by atomic mass is 10.2. The molecule has 0 heterocycles. The maximum absolute atomic E-state index is 13.8. The number of hydrogen-bond donors (Lipinski definition) is 1. The van der Waals surface area contributed by atoms with E-state index < -0.39 is 15.8 Å². The molecule has 2 rings (SSSR count). The highest BCUT2D eigenvalue weighted by molar-refractivity contribution is 7.89. The molecule has 1 aromatic rings. The van der Waals surface area contributed by atoms with E-state index in [9.17, 15) is 12.8 Å². The summed E-state index contributed by atoms with van der Waals surface area (Å²) in [6.45, 7) is 1.86. The summed E-state index contributed by atoms with van der Waals surface area (Å²) < 4.78 is 40.3. The molecule has 0 saturated heterocycles. The lowest BCUT2D eigenvalue weighted by molar-refractivity contribution is 0.356. The highest BCUT2D eigenvalue weighted by Crippen LogP contribution is 2.36. The van der Waals surface area contributed by atoms with Crippen molar-refractivity contribution in [2.24, 2.45) is 11.7 Å². The fraction of sp³-hybridized carbons (Fsp3) is 0.462. The van der Waals surface area contributed by atoms with Crippen LogP contribution in [0.2, 0.25) is 0 Å². The van der Waals surface area contributed by atoms with Crippen LogP contribution in [-0.2, 0) is 10.0 Å². The van der Waals surface area contributed by atoms with Gasteiger partial charge in [0.1, 0.15) is 10.8 Å². The molecule has 4 nitrogen and oxygen atoms in total. The van der Waals surface area contributed by atoms with E-state index in [2.05, 4.69) is 0 Å². The third-order valence-corrected chi connectivity index (χ3v) is 5.95. The minimum absolute atomic E-state index is 0.123. The average molecular weight is 316 g/mol. The smallest absolute Gasteiger partial charge is 0.243 e. The second kappa shape index (κ2) is 5.38. The Morgan fingerprint density at radius 2 is 2.10 bits per heavy atom. The third kappa shape index (κ3) is 2.70. The molecule has 0 spiro atoms. The fourth-order valence-electron chi connectivity index (χ4n) is 2.21. The largest absolute Gasteiger partial charge is 0.389 e. The van der Waals surface area contributed by atoms with Gasteiger partial charge in [-0.25, -0.2) is 12.8 Å². The van der Waals surface area contributed by atoms with E-state index in [0.717, 1.165) is 18.9 Å². The van der Waals surface area contributed by atoms with E-state index in [4.69, 9.17) is 18.0 Å². The van der Waals surface area contributed by atoms with Crippen molar-refractivity contribution in [3.05, 3.63) is 29.6 Å². The Balaban J connectivity index is 2.49. The van der Waals surface area contributed by atoms with Crippen LogP contribution in [0.1, 0.15) is 25.3 Å². The van der Waals surface area contributed by atoms with Gasteiger partial charge in [-0.2, -0.15) is 4.31 Å². The van der Waals surface area contributed by atoms with Gasteiger partial charge < -0.3 is 5.73 Å². The number of hydrogen-bond acceptors (Lipinski definition) is 3. The molecule has 1 fully saturated rings. The van der Waals surface area contributed by atoms with Crippen LogP contribution in [-0.4, -0.2) is 30.8 Å². The Hall–Kier alpha value is -1.05. The first-order valence-corrected chi connectivity index (χ1v) is 8.18. The minimum atomic E-state index is -3.82. The van der Waals surface area contributed by atoms with Crippen LogP contribution >= 0.6 is 12.2 Å². The maximum Gasteiger partial charge on any atom is 0.243 e. The topological polar surface area (TPSA) is 63.4 Å². The molecular formula is C13H17FN2O2S2. The Morgan fingerprint density at radius 1 is 1.50 bits per heavy atom. The van der Waals surface area contributed by atoms with Crippen LogP contribution in [0.25, 0.3) is 0 Å².